The minimum absolute atomic E-state index is 0.0121. The first-order valence-electron chi connectivity index (χ1n) is 13.6. The molecule has 1 aliphatic heterocycles. The number of para-hydroxylation sites is 1. The van der Waals surface area contributed by atoms with E-state index in [1.165, 1.54) is 0 Å². The van der Waals surface area contributed by atoms with Crippen LogP contribution in [0.1, 0.15) is 47.1 Å². The van der Waals surface area contributed by atoms with Crippen molar-refractivity contribution in [3.8, 4) is 17.2 Å². The Morgan fingerprint density at radius 2 is 1.43 bits per heavy atom. The maximum absolute atomic E-state index is 13.5. The summed E-state index contributed by atoms with van der Waals surface area (Å²) < 4.78 is 17.3. The van der Waals surface area contributed by atoms with E-state index < -0.39 is 0 Å². The highest BCUT2D eigenvalue weighted by molar-refractivity contribution is 6.34. The summed E-state index contributed by atoms with van der Waals surface area (Å²) in [7, 11) is 0. The van der Waals surface area contributed by atoms with Crippen molar-refractivity contribution in [3.05, 3.63) is 76.3 Å². The molecule has 2 amide bonds. The standard InChI is InChI=1S/C31H36ClN3O5/c1-5-38-26-19-23(20-27(39-6-2)29(26)40-7-3)30(36)33-25-10-8-9-24(32)28(25)34-15-17-35(18-16-34)31(37)22-13-11-21(4)12-14-22/h8-14,19-20H,5-7,15-18H2,1-4H3,(H,33,36). The van der Waals surface area contributed by atoms with Crippen LogP contribution in [-0.4, -0.2) is 62.7 Å². The fraction of sp³-hybridized carbons (Fsp3) is 0.355. The molecule has 1 aliphatic rings. The van der Waals surface area contributed by atoms with Crippen LogP contribution in [0.5, 0.6) is 17.2 Å². The van der Waals surface area contributed by atoms with Crippen LogP contribution in [-0.2, 0) is 0 Å². The number of halogens is 1. The molecule has 1 fully saturated rings. The molecule has 9 heteroatoms. The highest BCUT2D eigenvalue weighted by atomic mass is 35.5. The van der Waals surface area contributed by atoms with E-state index in [0.717, 1.165) is 11.3 Å². The number of amides is 2. The molecular weight excluding hydrogens is 530 g/mol. The maximum Gasteiger partial charge on any atom is 0.255 e. The second kappa shape index (κ2) is 13.4. The zero-order valence-corrected chi connectivity index (χ0v) is 24.2. The Morgan fingerprint density at radius 3 is 2.00 bits per heavy atom. The molecule has 0 radical (unpaired) electrons. The minimum atomic E-state index is -0.332. The normalized spacial score (nSPS) is 13.1. The molecule has 0 atom stereocenters. The predicted octanol–water partition coefficient (Wildman–Crippen LogP) is 6.06. The molecule has 40 heavy (non-hydrogen) atoms. The Hall–Kier alpha value is -3.91. The van der Waals surface area contributed by atoms with Gasteiger partial charge in [0.25, 0.3) is 11.8 Å². The largest absolute Gasteiger partial charge is 0.490 e. The van der Waals surface area contributed by atoms with E-state index in [0.29, 0.717) is 85.1 Å². The molecule has 0 bridgehead atoms. The monoisotopic (exact) mass is 565 g/mol. The van der Waals surface area contributed by atoms with Crippen molar-refractivity contribution in [1.82, 2.24) is 4.90 Å². The van der Waals surface area contributed by atoms with Gasteiger partial charge in [0.15, 0.2) is 11.5 Å². The van der Waals surface area contributed by atoms with Crippen molar-refractivity contribution in [3.63, 3.8) is 0 Å². The highest BCUT2D eigenvalue weighted by Crippen LogP contribution is 2.40. The minimum Gasteiger partial charge on any atom is -0.490 e. The molecule has 3 aromatic carbocycles. The Labute approximate surface area is 240 Å². The van der Waals surface area contributed by atoms with Gasteiger partial charge in [0, 0.05) is 37.3 Å². The van der Waals surface area contributed by atoms with Crippen molar-refractivity contribution in [1.29, 1.82) is 0 Å². The summed E-state index contributed by atoms with van der Waals surface area (Å²) in [6, 6.07) is 16.4. The first-order chi connectivity index (χ1) is 19.4. The van der Waals surface area contributed by atoms with Gasteiger partial charge in [-0.25, -0.2) is 0 Å². The molecule has 0 aromatic heterocycles. The predicted molar refractivity (Wildman–Crippen MR) is 159 cm³/mol. The van der Waals surface area contributed by atoms with Crippen molar-refractivity contribution >= 4 is 34.8 Å². The second-order valence-corrected chi connectivity index (χ2v) is 9.74. The van der Waals surface area contributed by atoms with E-state index >= 15 is 0 Å². The Balaban J connectivity index is 1.54. The number of carbonyl (C=O) groups excluding carboxylic acids is 2. The van der Waals surface area contributed by atoms with Gasteiger partial charge >= 0.3 is 0 Å². The Kier molecular flexibility index (Phi) is 9.77. The molecule has 0 spiro atoms. The number of carbonyl (C=O) groups is 2. The molecule has 1 heterocycles. The van der Waals surface area contributed by atoms with Gasteiger partial charge in [0.1, 0.15) is 0 Å². The summed E-state index contributed by atoms with van der Waals surface area (Å²) in [6.45, 7) is 11.1. The zero-order valence-electron chi connectivity index (χ0n) is 23.5. The SMILES string of the molecule is CCOc1cc(C(=O)Nc2cccc(Cl)c2N2CCN(C(=O)c3ccc(C)cc3)CC2)cc(OCC)c1OCC. The number of hydrogen-bond donors (Lipinski definition) is 1. The van der Waals surface area contributed by atoms with Crippen molar-refractivity contribution < 1.29 is 23.8 Å². The number of piperazine rings is 1. The third kappa shape index (κ3) is 6.62. The van der Waals surface area contributed by atoms with E-state index in [2.05, 4.69) is 10.2 Å². The molecular formula is C31H36ClN3O5. The molecule has 8 nitrogen and oxygen atoms in total. The summed E-state index contributed by atoms with van der Waals surface area (Å²) in [6.07, 6.45) is 0. The van der Waals surface area contributed by atoms with Crippen LogP contribution in [0.4, 0.5) is 11.4 Å². The molecule has 212 valence electrons. The van der Waals surface area contributed by atoms with Gasteiger partial charge < -0.3 is 29.3 Å². The van der Waals surface area contributed by atoms with Gasteiger partial charge in [0.2, 0.25) is 5.75 Å². The average molecular weight is 566 g/mol. The van der Waals surface area contributed by atoms with E-state index in [4.69, 9.17) is 25.8 Å². The van der Waals surface area contributed by atoms with E-state index in [1.807, 2.05) is 62.9 Å². The lowest BCUT2D eigenvalue weighted by Crippen LogP contribution is -2.49. The molecule has 1 N–H and O–H groups in total. The summed E-state index contributed by atoms with van der Waals surface area (Å²) in [5, 5.41) is 3.54. The molecule has 4 rings (SSSR count). The molecule has 0 unspecified atom stereocenters. The number of rotatable bonds is 10. The number of hydrogen-bond acceptors (Lipinski definition) is 6. The van der Waals surface area contributed by atoms with Gasteiger partial charge in [-0.15, -0.1) is 0 Å². The molecule has 1 saturated heterocycles. The second-order valence-electron chi connectivity index (χ2n) is 9.34. The first-order valence-corrected chi connectivity index (χ1v) is 14.0. The number of nitrogens with one attached hydrogen (secondary N) is 1. The van der Waals surface area contributed by atoms with E-state index in [1.54, 1.807) is 24.3 Å². The van der Waals surface area contributed by atoms with Crippen molar-refractivity contribution in [2.75, 3.05) is 56.2 Å². The highest BCUT2D eigenvalue weighted by Gasteiger charge is 2.26. The average Bonchev–Trinajstić information content (AvgIpc) is 2.95. The lowest BCUT2D eigenvalue weighted by Gasteiger charge is -2.37. The van der Waals surface area contributed by atoms with Crippen LogP contribution in [0, 0.1) is 6.92 Å². The lowest BCUT2D eigenvalue weighted by molar-refractivity contribution is 0.0746. The van der Waals surface area contributed by atoms with Gasteiger partial charge in [-0.3, -0.25) is 9.59 Å². The quantitative estimate of drug-likeness (QED) is 0.322. The Morgan fingerprint density at radius 1 is 0.825 bits per heavy atom. The van der Waals surface area contributed by atoms with Crippen LogP contribution in [0.15, 0.2) is 54.6 Å². The number of anilines is 2. The molecule has 3 aromatic rings. The Bertz CT molecular complexity index is 1310. The van der Waals surface area contributed by atoms with Crippen molar-refractivity contribution in [2.45, 2.75) is 27.7 Å². The van der Waals surface area contributed by atoms with E-state index in [9.17, 15) is 9.59 Å². The van der Waals surface area contributed by atoms with Crippen LogP contribution < -0.4 is 24.4 Å². The van der Waals surface area contributed by atoms with Gasteiger partial charge in [0.05, 0.1) is 36.2 Å². The van der Waals surface area contributed by atoms with Crippen LogP contribution in [0.25, 0.3) is 0 Å². The number of benzene rings is 3. The lowest BCUT2D eigenvalue weighted by atomic mass is 10.1. The van der Waals surface area contributed by atoms with Gasteiger partial charge in [-0.05, 0) is 64.1 Å². The molecule has 0 saturated carbocycles. The summed E-state index contributed by atoms with van der Waals surface area (Å²) in [5.74, 6) is 1.05. The number of aryl methyl sites for hydroxylation is 1. The number of nitrogens with zero attached hydrogens (tertiary/aromatic N) is 2. The van der Waals surface area contributed by atoms with Gasteiger partial charge in [-0.1, -0.05) is 35.4 Å². The fourth-order valence-electron chi connectivity index (χ4n) is 4.66. The summed E-state index contributed by atoms with van der Waals surface area (Å²) in [4.78, 5) is 30.4. The number of ether oxygens (including phenoxy) is 3. The summed E-state index contributed by atoms with van der Waals surface area (Å²) >= 11 is 6.66. The van der Waals surface area contributed by atoms with Crippen molar-refractivity contribution in [2.24, 2.45) is 0 Å². The maximum atomic E-state index is 13.5. The third-order valence-corrected chi connectivity index (χ3v) is 6.89. The van der Waals surface area contributed by atoms with Gasteiger partial charge in [-0.2, -0.15) is 0 Å². The first kappa shape index (κ1) is 29.1. The smallest absolute Gasteiger partial charge is 0.255 e. The zero-order chi connectivity index (χ0) is 28.6. The fourth-order valence-corrected chi connectivity index (χ4v) is 4.96. The summed E-state index contributed by atoms with van der Waals surface area (Å²) in [5.41, 5.74) is 3.47. The van der Waals surface area contributed by atoms with E-state index in [-0.39, 0.29) is 11.8 Å². The van der Waals surface area contributed by atoms with Crippen LogP contribution >= 0.6 is 11.6 Å². The topological polar surface area (TPSA) is 80.3 Å². The van der Waals surface area contributed by atoms with Crippen LogP contribution in [0.2, 0.25) is 5.02 Å². The third-order valence-electron chi connectivity index (χ3n) is 6.59. The van der Waals surface area contributed by atoms with Crippen LogP contribution in [0.3, 0.4) is 0 Å². The molecule has 0 aliphatic carbocycles.